The minimum atomic E-state index is -2.79. The Morgan fingerprint density at radius 2 is 2.06 bits per heavy atom. The molecule has 100 valence electrons. The molecule has 0 aromatic rings. The van der Waals surface area contributed by atoms with Gasteiger partial charge in [0.2, 0.25) is 5.91 Å². The Morgan fingerprint density at radius 3 is 2.65 bits per heavy atom. The lowest BCUT2D eigenvalue weighted by molar-refractivity contribution is -0.121. The zero-order valence-electron chi connectivity index (χ0n) is 9.49. The Bertz CT molecular complexity index is 236. The first-order valence-electron chi connectivity index (χ1n) is 5.63. The predicted molar refractivity (Wildman–Crippen MR) is 56.9 cm³/mol. The standard InChI is InChI=1S/C10H18F2N2O3/c11-10(12)8(15)5-13-6-9(16)14-7-1-3-17-4-2-7/h7-8,10,13,15H,1-6H2,(H,14,16). The molecule has 1 amide bonds. The molecule has 0 saturated carbocycles. The topological polar surface area (TPSA) is 70.6 Å². The van der Waals surface area contributed by atoms with Gasteiger partial charge in [0, 0.05) is 25.8 Å². The lowest BCUT2D eigenvalue weighted by atomic mass is 10.1. The Morgan fingerprint density at radius 1 is 1.41 bits per heavy atom. The second-order valence-electron chi connectivity index (χ2n) is 3.99. The van der Waals surface area contributed by atoms with Gasteiger partial charge in [-0.1, -0.05) is 0 Å². The molecule has 1 saturated heterocycles. The summed E-state index contributed by atoms with van der Waals surface area (Å²) in [5, 5.41) is 14.1. The van der Waals surface area contributed by atoms with E-state index in [-0.39, 0.29) is 25.0 Å². The second kappa shape index (κ2) is 7.52. The number of carbonyl (C=O) groups excluding carboxylic acids is 1. The lowest BCUT2D eigenvalue weighted by Crippen LogP contribution is -2.44. The van der Waals surface area contributed by atoms with Crippen LogP contribution >= 0.6 is 0 Å². The summed E-state index contributed by atoms with van der Waals surface area (Å²) in [6.07, 6.45) is -2.98. The largest absolute Gasteiger partial charge is 0.386 e. The molecule has 1 fully saturated rings. The molecule has 0 bridgehead atoms. The van der Waals surface area contributed by atoms with Gasteiger partial charge in [0.05, 0.1) is 6.54 Å². The van der Waals surface area contributed by atoms with E-state index in [1.807, 2.05) is 0 Å². The molecule has 0 aliphatic carbocycles. The van der Waals surface area contributed by atoms with Crippen molar-refractivity contribution in [3.8, 4) is 0 Å². The molecule has 1 atom stereocenters. The van der Waals surface area contributed by atoms with Gasteiger partial charge in [-0.2, -0.15) is 0 Å². The highest BCUT2D eigenvalue weighted by atomic mass is 19.3. The van der Waals surface area contributed by atoms with E-state index in [0.29, 0.717) is 13.2 Å². The summed E-state index contributed by atoms with van der Waals surface area (Å²) in [5.74, 6) is -0.252. The number of carbonyl (C=O) groups is 1. The van der Waals surface area contributed by atoms with Crippen LogP contribution in [0.3, 0.4) is 0 Å². The number of aliphatic hydroxyl groups is 1. The SMILES string of the molecule is O=C(CNCC(O)C(F)F)NC1CCOCC1. The quantitative estimate of drug-likeness (QED) is 0.596. The molecule has 0 spiro atoms. The number of aliphatic hydroxyl groups excluding tert-OH is 1. The van der Waals surface area contributed by atoms with Crippen LogP contribution in [0.1, 0.15) is 12.8 Å². The van der Waals surface area contributed by atoms with E-state index in [1.54, 1.807) is 0 Å². The summed E-state index contributed by atoms with van der Waals surface area (Å²) in [6, 6.07) is 0.0954. The first-order chi connectivity index (χ1) is 8.09. The smallest absolute Gasteiger partial charge is 0.265 e. The summed E-state index contributed by atoms with van der Waals surface area (Å²) in [6.45, 7) is 0.894. The van der Waals surface area contributed by atoms with Gasteiger partial charge in [-0.25, -0.2) is 8.78 Å². The Balaban J connectivity index is 2.08. The van der Waals surface area contributed by atoms with Crippen LogP contribution in [0, 0.1) is 0 Å². The van der Waals surface area contributed by atoms with Gasteiger partial charge in [0.1, 0.15) is 6.10 Å². The molecular formula is C10H18F2N2O3. The van der Waals surface area contributed by atoms with Crippen molar-refractivity contribution in [1.82, 2.24) is 10.6 Å². The maximum Gasteiger partial charge on any atom is 0.265 e. The van der Waals surface area contributed by atoms with Crippen LogP contribution in [-0.4, -0.2) is 55.9 Å². The maximum atomic E-state index is 11.9. The predicted octanol–water partition coefficient (Wildman–Crippen LogP) is -0.503. The van der Waals surface area contributed by atoms with Gasteiger partial charge < -0.3 is 20.5 Å². The summed E-state index contributed by atoms with van der Waals surface area (Å²) < 4.78 is 29.0. The minimum Gasteiger partial charge on any atom is -0.386 e. The Labute approximate surface area is 98.5 Å². The molecule has 17 heavy (non-hydrogen) atoms. The highest BCUT2D eigenvalue weighted by Crippen LogP contribution is 2.05. The van der Waals surface area contributed by atoms with Crippen LogP contribution in [0.2, 0.25) is 0 Å². The van der Waals surface area contributed by atoms with Crippen molar-refractivity contribution < 1.29 is 23.4 Å². The highest BCUT2D eigenvalue weighted by Gasteiger charge is 2.18. The van der Waals surface area contributed by atoms with E-state index < -0.39 is 12.5 Å². The molecule has 1 aliphatic rings. The van der Waals surface area contributed by atoms with Crippen LogP contribution in [-0.2, 0) is 9.53 Å². The number of ether oxygens (including phenoxy) is 1. The van der Waals surface area contributed by atoms with Gasteiger partial charge in [-0.15, -0.1) is 0 Å². The molecule has 7 heteroatoms. The normalized spacial score (nSPS) is 19.3. The van der Waals surface area contributed by atoms with Crippen LogP contribution in [0.4, 0.5) is 8.78 Å². The third kappa shape index (κ3) is 5.90. The summed E-state index contributed by atoms with van der Waals surface area (Å²) >= 11 is 0. The van der Waals surface area contributed by atoms with Crippen molar-refractivity contribution in [2.75, 3.05) is 26.3 Å². The number of nitrogens with one attached hydrogen (secondary N) is 2. The zero-order valence-corrected chi connectivity index (χ0v) is 9.49. The van der Waals surface area contributed by atoms with E-state index in [0.717, 1.165) is 12.8 Å². The van der Waals surface area contributed by atoms with Crippen molar-refractivity contribution in [1.29, 1.82) is 0 Å². The fourth-order valence-corrected chi connectivity index (χ4v) is 1.54. The number of alkyl halides is 2. The van der Waals surface area contributed by atoms with Gasteiger partial charge in [0.15, 0.2) is 0 Å². The number of amides is 1. The average Bonchev–Trinajstić information content (AvgIpc) is 2.30. The Hall–Kier alpha value is -0.790. The first-order valence-corrected chi connectivity index (χ1v) is 5.63. The number of halogens is 2. The fraction of sp³-hybridized carbons (Fsp3) is 0.900. The summed E-state index contributed by atoms with van der Waals surface area (Å²) in [7, 11) is 0. The van der Waals surface area contributed by atoms with Crippen LogP contribution in [0.25, 0.3) is 0 Å². The summed E-state index contributed by atoms with van der Waals surface area (Å²) in [4.78, 5) is 11.4. The van der Waals surface area contributed by atoms with Gasteiger partial charge >= 0.3 is 0 Å². The number of hydrogen-bond acceptors (Lipinski definition) is 4. The zero-order chi connectivity index (χ0) is 12.7. The second-order valence-corrected chi connectivity index (χ2v) is 3.99. The molecule has 1 heterocycles. The molecule has 1 rings (SSSR count). The Kier molecular flexibility index (Phi) is 6.31. The molecule has 0 aromatic heterocycles. The minimum absolute atomic E-state index is 0.0683. The summed E-state index contributed by atoms with van der Waals surface area (Å²) in [5.41, 5.74) is 0. The van der Waals surface area contributed by atoms with Crippen molar-refractivity contribution >= 4 is 5.91 Å². The van der Waals surface area contributed by atoms with E-state index in [1.165, 1.54) is 0 Å². The molecule has 0 aromatic carbocycles. The highest BCUT2D eigenvalue weighted by molar-refractivity contribution is 5.78. The van der Waals surface area contributed by atoms with Gasteiger partial charge in [-0.05, 0) is 12.8 Å². The van der Waals surface area contributed by atoms with Crippen molar-refractivity contribution in [2.45, 2.75) is 31.4 Å². The number of hydrogen-bond donors (Lipinski definition) is 3. The van der Waals surface area contributed by atoms with E-state index >= 15 is 0 Å². The van der Waals surface area contributed by atoms with E-state index in [4.69, 9.17) is 9.84 Å². The maximum absolute atomic E-state index is 11.9. The van der Waals surface area contributed by atoms with Gasteiger partial charge in [0.25, 0.3) is 6.43 Å². The fourth-order valence-electron chi connectivity index (χ4n) is 1.54. The third-order valence-corrected chi connectivity index (χ3v) is 2.52. The molecule has 1 aliphatic heterocycles. The molecular weight excluding hydrogens is 234 g/mol. The third-order valence-electron chi connectivity index (χ3n) is 2.52. The van der Waals surface area contributed by atoms with Crippen molar-refractivity contribution in [3.63, 3.8) is 0 Å². The van der Waals surface area contributed by atoms with E-state index in [9.17, 15) is 13.6 Å². The van der Waals surface area contributed by atoms with Gasteiger partial charge in [-0.3, -0.25) is 4.79 Å². The first kappa shape index (κ1) is 14.3. The van der Waals surface area contributed by atoms with E-state index in [2.05, 4.69) is 10.6 Å². The monoisotopic (exact) mass is 252 g/mol. The van der Waals surface area contributed by atoms with Crippen molar-refractivity contribution in [3.05, 3.63) is 0 Å². The van der Waals surface area contributed by atoms with Crippen LogP contribution < -0.4 is 10.6 Å². The molecule has 5 nitrogen and oxygen atoms in total. The van der Waals surface area contributed by atoms with Crippen molar-refractivity contribution in [2.24, 2.45) is 0 Å². The number of rotatable bonds is 6. The average molecular weight is 252 g/mol. The van der Waals surface area contributed by atoms with Crippen LogP contribution in [0.15, 0.2) is 0 Å². The van der Waals surface area contributed by atoms with Crippen LogP contribution in [0.5, 0.6) is 0 Å². The lowest BCUT2D eigenvalue weighted by Gasteiger charge is -2.23. The molecule has 1 unspecified atom stereocenters. The molecule has 0 radical (unpaired) electrons. The molecule has 3 N–H and O–H groups in total.